The molecule has 19 heavy (non-hydrogen) atoms. The lowest BCUT2D eigenvalue weighted by Gasteiger charge is -2.04. The van der Waals surface area contributed by atoms with Gasteiger partial charge >= 0.3 is 0 Å². The molecular weight excluding hydrogens is 259 g/mol. The first-order chi connectivity index (χ1) is 9.25. The minimum atomic E-state index is -1.18. The van der Waals surface area contributed by atoms with Gasteiger partial charge in [-0.25, -0.2) is 4.39 Å². The van der Waals surface area contributed by atoms with Gasteiger partial charge in [-0.3, -0.25) is 4.21 Å². The maximum absolute atomic E-state index is 13.4. The molecule has 108 valence electrons. The maximum atomic E-state index is 13.4. The molecule has 0 saturated heterocycles. The van der Waals surface area contributed by atoms with Crippen LogP contribution in [0, 0.1) is 5.82 Å². The summed E-state index contributed by atoms with van der Waals surface area (Å²) in [6, 6.07) is 6.37. The van der Waals surface area contributed by atoms with E-state index in [2.05, 4.69) is 6.92 Å². The van der Waals surface area contributed by atoms with Crippen molar-refractivity contribution in [3.8, 4) is 0 Å². The highest BCUT2D eigenvalue weighted by atomic mass is 32.2. The van der Waals surface area contributed by atoms with Crippen LogP contribution in [-0.2, 0) is 10.8 Å². The molecule has 1 aromatic carbocycles. The Labute approximate surface area is 119 Å². The molecule has 0 saturated carbocycles. The zero-order valence-corrected chi connectivity index (χ0v) is 12.7. The monoisotopic (exact) mass is 284 g/mol. The third-order valence-corrected chi connectivity index (χ3v) is 4.75. The van der Waals surface area contributed by atoms with Crippen LogP contribution < -0.4 is 0 Å². The minimum absolute atomic E-state index is 0.347. The zero-order valence-electron chi connectivity index (χ0n) is 11.9. The summed E-state index contributed by atoms with van der Waals surface area (Å²) >= 11 is 0. The molecule has 0 fully saturated rings. The summed E-state index contributed by atoms with van der Waals surface area (Å²) in [4.78, 5) is 0.352. The van der Waals surface area contributed by atoms with Crippen LogP contribution >= 0.6 is 0 Å². The molecule has 0 spiro atoms. The molecule has 1 rings (SSSR count). The predicted octanol–water partition coefficient (Wildman–Crippen LogP) is 5.07. The fraction of sp³-hybridized carbons (Fsp3) is 0.625. The summed E-state index contributed by atoms with van der Waals surface area (Å²) in [7, 11) is -1.18. The first kappa shape index (κ1) is 16.4. The summed E-state index contributed by atoms with van der Waals surface area (Å²) in [6.07, 6.45) is 9.76. The highest BCUT2D eigenvalue weighted by Crippen LogP contribution is 2.14. The standard InChI is InChI=1S/C16H25FOS/c1-2-3-4-5-6-7-8-11-14-19(18)16-13-10-9-12-15(16)17/h9-10,12-13H,2-8,11,14H2,1H3. The number of benzene rings is 1. The molecule has 0 aliphatic carbocycles. The summed E-state index contributed by atoms with van der Waals surface area (Å²) < 4.78 is 25.3. The van der Waals surface area contributed by atoms with Gasteiger partial charge in [-0.05, 0) is 18.6 Å². The van der Waals surface area contributed by atoms with Crippen molar-refractivity contribution >= 4 is 10.8 Å². The Kier molecular flexibility index (Phi) is 8.72. The Bertz CT molecular complexity index is 379. The average Bonchev–Trinajstić information content (AvgIpc) is 2.42. The van der Waals surface area contributed by atoms with Gasteiger partial charge in [0, 0.05) is 5.75 Å². The largest absolute Gasteiger partial charge is 0.254 e. The van der Waals surface area contributed by atoms with E-state index >= 15 is 0 Å². The molecule has 0 aliphatic heterocycles. The number of unbranched alkanes of at least 4 members (excludes halogenated alkanes) is 7. The fourth-order valence-electron chi connectivity index (χ4n) is 2.11. The van der Waals surface area contributed by atoms with E-state index in [9.17, 15) is 8.60 Å². The van der Waals surface area contributed by atoms with Gasteiger partial charge in [-0.15, -0.1) is 0 Å². The molecule has 0 bridgehead atoms. The lowest BCUT2D eigenvalue weighted by atomic mass is 10.1. The summed E-state index contributed by atoms with van der Waals surface area (Å²) in [5.74, 6) is 0.232. The van der Waals surface area contributed by atoms with Gasteiger partial charge < -0.3 is 0 Å². The Morgan fingerprint density at radius 3 is 2.16 bits per heavy atom. The molecule has 1 nitrogen and oxygen atoms in total. The van der Waals surface area contributed by atoms with E-state index in [1.165, 1.54) is 44.6 Å². The second-order valence-electron chi connectivity index (χ2n) is 4.95. The molecule has 0 heterocycles. The summed E-state index contributed by atoms with van der Waals surface area (Å²) in [5, 5.41) is 0. The first-order valence-electron chi connectivity index (χ1n) is 7.38. The molecule has 1 atom stereocenters. The second-order valence-corrected chi connectivity index (χ2v) is 6.49. The molecule has 0 aliphatic rings. The van der Waals surface area contributed by atoms with E-state index in [1.54, 1.807) is 18.2 Å². The average molecular weight is 284 g/mol. The van der Waals surface area contributed by atoms with E-state index in [4.69, 9.17) is 0 Å². The number of hydrogen-bond acceptors (Lipinski definition) is 1. The van der Waals surface area contributed by atoms with Gasteiger partial charge in [0.2, 0.25) is 0 Å². The quantitative estimate of drug-likeness (QED) is 0.548. The number of halogens is 1. The maximum Gasteiger partial charge on any atom is 0.139 e. The molecule has 0 radical (unpaired) electrons. The van der Waals surface area contributed by atoms with Crippen LogP contribution in [0.15, 0.2) is 29.2 Å². The van der Waals surface area contributed by atoms with Crippen LogP contribution in [0.5, 0.6) is 0 Å². The molecule has 3 heteroatoms. The third kappa shape index (κ3) is 6.86. The van der Waals surface area contributed by atoms with Crippen molar-refractivity contribution in [2.24, 2.45) is 0 Å². The smallest absolute Gasteiger partial charge is 0.139 e. The SMILES string of the molecule is CCCCCCCCCCS(=O)c1ccccc1F. The molecule has 1 aromatic rings. The lowest BCUT2D eigenvalue weighted by molar-refractivity contribution is 0.582. The summed E-state index contributed by atoms with van der Waals surface area (Å²) in [6.45, 7) is 2.22. The van der Waals surface area contributed by atoms with Crippen molar-refractivity contribution < 1.29 is 8.60 Å². The van der Waals surface area contributed by atoms with Gasteiger partial charge in [-0.1, -0.05) is 64.0 Å². The fourth-order valence-corrected chi connectivity index (χ4v) is 3.31. The van der Waals surface area contributed by atoms with Gasteiger partial charge in [0.1, 0.15) is 5.82 Å². The van der Waals surface area contributed by atoms with Crippen molar-refractivity contribution in [3.63, 3.8) is 0 Å². The van der Waals surface area contributed by atoms with Crippen molar-refractivity contribution in [2.75, 3.05) is 5.75 Å². The van der Waals surface area contributed by atoms with Crippen LogP contribution in [0.3, 0.4) is 0 Å². The normalized spacial score (nSPS) is 12.5. The van der Waals surface area contributed by atoms with Crippen molar-refractivity contribution in [3.05, 3.63) is 30.1 Å². The van der Waals surface area contributed by atoms with Gasteiger partial charge in [-0.2, -0.15) is 0 Å². The molecule has 1 unspecified atom stereocenters. The molecular formula is C16H25FOS. The third-order valence-electron chi connectivity index (χ3n) is 3.27. The summed E-state index contributed by atoms with van der Waals surface area (Å²) in [5.41, 5.74) is 0. The van der Waals surface area contributed by atoms with Gasteiger partial charge in [0.15, 0.2) is 0 Å². The van der Waals surface area contributed by atoms with Crippen LogP contribution in [0.1, 0.15) is 58.3 Å². The molecule has 0 aromatic heterocycles. The van der Waals surface area contributed by atoms with Crippen molar-refractivity contribution in [2.45, 2.75) is 63.2 Å². The van der Waals surface area contributed by atoms with E-state index in [0.717, 1.165) is 12.8 Å². The number of rotatable bonds is 10. The zero-order chi connectivity index (χ0) is 13.9. The van der Waals surface area contributed by atoms with Crippen molar-refractivity contribution in [1.82, 2.24) is 0 Å². The first-order valence-corrected chi connectivity index (χ1v) is 8.70. The Morgan fingerprint density at radius 1 is 0.947 bits per heavy atom. The highest BCUT2D eigenvalue weighted by Gasteiger charge is 2.08. The van der Waals surface area contributed by atoms with Crippen LogP contribution in [0.25, 0.3) is 0 Å². The van der Waals surface area contributed by atoms with Gasteiger partial charge in [0.25, 0.3) is 0 Å². The van der Waals surface area contributed by atoms with E-state index in [1.807, 2.05) is 0 Å². The highest BCUT2D eigenvalue weighted by molar-refractivity contribution is 7.85. The Balaban J connectivity index is 2.10. The predicted molar refractivity (Wildman–Crippen MR) is 80.3 cm³/mol. The van der Waals surface area contributed by atoms with E-state index in [0.29, 0.717) is 10.6 Å². The van der Waals surface area contributed by atoms with Gasteiger partial charge in [0.05, 0.1) is 15.7 Å². The minimum Gasteiger partial charge on any atom is -0.254 e. The lowest BCUT2D eigenvalue weighted by Crippen LogP contribution is -2.00. The van der Waals surface area contributed by atoms with Crippen LogP contribution in [-0.4, -0.2) is 9.96 Å². The Hall–Kier alpha value is -0.700. The van der Waals surface area contributed by atoms with E-state index in [-0.39, 0.29) is 5.82 Å². The molecule has 0 N–H and O–H groups in total. The van der Waals surface area contributed by atoms with E-state index < -0.39 is 10.8 Å². The molecule has 0 amide bonds. The van der Waals surface area contributed by atoms with Crippen molar-refractivity contribution in [1.29, 1.82) is 0 Å². The topological polar surface area (TPSA) is 17.1 Å². The number of hydrogen-bond donors (Lipinski definition) is 0. The van der Waals surface area contributed by atoms with Crippen LogP contribution in [0.4, 0.5) is 4.39 Å². The van der Waals surface area contributed by atoms with Crippen LogP contribution in [0.2, 0.25) is 0 Å². The second kappa shape index (κ2) is 10.1. The Morgan fingerprint density at radius 2 is 1.53 bits per heavy atom.